The molecule has 0 radical (unpaired) electrons. The van der Waals surface area contributed by atoms with Gasteiger partial charge in [0.1, 0.15) is 18.2 Å². The summed E-state index contributed by atoms with van der Waals surface area (Å²) in [5.41, 5.74) is 4.34. The fourth-order valence-electron chi connectivity index (χ4n) is 3.55. The summed E-state index contributed by atoms with van der Waals surface area (Å²) in [6.07, 6.45) is 2.56. The molecule has 1 atom stereocenters. The minimum Gasteiger partial charge on any atom is -0.479 e. The SMILES string of the molecule is COc1nn(-c2ccc(CNC[C@H](O)c3ccc4c(c3C)COC4=O)cn2)cc1C#N. The zero-order valence-electron chi connectivity index (χ0n) is 17.1. The van der Waals surface area contributed by atoms with Gasteiger partial charge < -0.3 is 19.9 Å². The van der Waals surface area contributed by atoms with Gasteiger partial charge in [0, 0.05) is 24.8 Å². The molecule has 0 bridgehead atoms. The summed E-state index contributed by atoms with van der Waals surface area (Å²) in [5.74, 6) is 0.501. The van der Waals surface area contributed by atoms with E-state index in [1.807, 2.05) is 19.1 Å². The van der Waals surface area contributed by atoms with Crippen molar-refractivity contribution in [3.05, 3.63) is 70.0 Å². The van der Waals surface area contributed by atoms with Crippen LogP contribution in [-0.4, -0.2) is 39.5 Å². The average molecular weight is 419 g/mol. The molecule has 3 aromatic rings. The van der Waals surface area contributed by atoms with E-state index < -0.39 is 6.10 Å². The van der Waals surface area contributed by atoms with Crippen molar-refractivity contribution in [1.29, 1.82) is 5.26 Å². The number of pyridine rings is 1. The number of nitrogens with zero attached hydrogens (tertiary/aromatic N) is 4. The Balaban J connectivity index is 1.37. The number of esters is 1. The zero-order valence-corrected chi connectivity index (χ0v) is 17.1. The Morgan fingerprint density at radius 2 is 2.23 bits per heavy atom. The highest BCUT2D eigenvalue weighted by Gasteiger charge is 2.25. The summed E-state index contributed by atoms with van der Waals surface area (Å²) in [5, 5.41) is 27.1. The fraction of sp³-hybridized carbons (Fsp3) is 0.273. The monoisotopic (exact) mass is 419 g/mol. The van der Waals surface area contributed by atoms with E-state index in [4.69, 9.17) is 14.7 Å². The number of ether oxygens (including phenoxy) is 2. The third kappa shape index (κ3) is 3.99. The van der Waals surface area contributed by atoms with Gasteiger partial charge in [0.25, 0.3) is 5.88 Å². The van der Waals surface area contributed by atoms with Gasteiger partial charge in [-0.25, -0.2) is 14.5 Å². The Kier molecular flexibility index (Phi) is 5.66. The number of aliphatic hydroxyl groups excluding tert-OH is 1. The topological polar surface area (TPSA) is 122 Å². The third-order valence-electron chi connectivity index (χ3n) is 5.27. The number of aromatic nitrogens is 3. The molecular formula is C22H21N5O4. The smallest absolute Gasteiger partial charge is 0.338 e. The van der Waals surface area contributed by atoms with Gasteiger partial charge >= 0.3 is 5.97 Å². The van der Waals surface area contributed by atoms with E-state index in [9.17, 15) is 9.90 Å². The first kappa shape index (κ1) is 20.5. The average Bonchev–Trinajstić information content (AvgIpc) is 3.38. The summed E-state index contributed by atoms with van der Waals surface area (Å²) >= 11 is 0. The highest BCUT2D eigenvalue weighted by Crippen LogP contribution is 2.28. The van der Waals surface area contributed by atoms with E-state index in [2.05, 4.69) is 15.4 Å². The van der Waals surface area contributed by atoms with Crippen molar-refractivity contribution in [1.82, 2.24) is 20.1 Å². The van der Waals surface area contributed by atoms with Gasteiger partial charge in [-0.3, -0.25) is 0 Å². The lowest BCUT2D eigenvalue weighted by atomic mass is 9.95. The molecule has 1 aliphatic heterocycles. The number of benzene rings is 1. The number of hydrogen-bond donors (Lipinski definition) is 2. The number of carbonyl (C=O) groups is 1. The maximum absolute atomic E-state index is 11.7. The van der Waals surface area contributed by atoms with E-state index in [1.165, 1.54) is 11.8 Å². The predicted octanol–water partition coefficient (Wildman–Crippen LogP) is 1.95. The molecule has 158 valence electrons. The van der Waals surface area contributed by atoms with Gasteiger partial charge in [-0.1, -0.05) is 12.1 Å². The van der Waals surface area contributed by atoms with Crippen molar-refractivity contribution in [3.63, 3.8) is 0 Å². The number of carbonyl (C=O) groups excluding carboxylic acids is 1. The van der Waals surface area contributed by atoms with Crippen LogP contribution in [0.5, 0.6) is 5.88 Å². The predicted molar refractivity (Wildman–Crippen MR) is 110 cm³/mol. The lowest BCUT2D eigenvalue weighted by molar-refractivity contribution is 0.0535. The Morgan fingerprint density at radius 3 is 2.90 bits per heavy atom. The molecule has 31 heavy (non-hydrogen) atoms. The van der Waals surface area contributed by atoms with Crippen molar-refractivity contribution >= 4 is 5.97 Å². The van der Waals surface area contributed by atoms with Crippen LogP contribution in [0.3, 0.4) is 0 Å². The van der Waals surface area contributed by atoms with E-state index in [0.717, 1.165) is 22.3 Å². The van der Waals surface area contributed by atoms with Crippen molar-refractivity contribution in [3.8, 4) is 17.8 Å². The van der Waals surface area contributed by atoms with Crippen molar-refractivity contribution in [2.45, 2.75) is 26.2 Å². The molecule has 0 saturated carbocycles. The van der Waals surface area contributed by atoms with E-state index in [-0.39, 0.29) is 18.5 Å². The van der Waals surface area contributed by atoms with Gasteiger partial charge in [-0.05, 0) is 35.7 Å². The third-order valence-corrected chi connectivity index (χ3v) is 5.27. The number of nitrogens with one attached hydrogen (secondary N) is 1. The number of fused-ring (bicyclic) bond motifs is 1. The van der Waals surface area contributed by atoms with Crippen molar-refractivity contribution < 1.29 is 19.4 Å². The molecule has 0 spiro atoms. The van der Waals surface area contributed by atoms with Crippen LogP contribution in [0, 0.1) is 18.3 Å². The molecule has 1 aliphatic rings. The fourth-order valence-corrected chi connectivity index (χ4v) is 3.55. The number of hydrogen-bond acceptors (Lipinski definition) is 8. The zero-order chi connectivity index (χ0) is 22.0. The van der Waals surface area contributed by atoms with Gasteiger partial charge in [0.05, 0.1) is 25.0 Å². The van der Waals surface area contributed by atoms with E-state index in [1.54, 1.807) is 30.6 Å². The minimum absolute atomic E-state index is 0.252. The number of aliphatic hydroxyl groups is 1. The second-order valence-corrected chi connectivity index (χ2v) is 7.16. The van der Waals surface area contributed by atoms with Crippen molar-refractivity contribution in [2.75, 3.05) is 13.7 Å². The molecule has 9 heteroatoms. The first-order chi connectivity index (χ1) is 15.0. The molecule has 9 nitrogen and oxygen atoms in total. The van der Waals surface area contributed by atoms with Crippen LogP contribution < -0.4 is 10.1 Å². The van der Waals surface area contributed by atoms with Gasteiger partial charge in [-0.2, -0.15) is 5.26 Å². The first-order valence-electron chi connectivity index (χ1n) is 9.69. The number of nitriles is 1. The second-order valence-electron chi connectivity index (χ2n) is 7.16. The summed E-state index contributed by atoms with van der Waals surface area (Å²) in [4.78, 5) is 16.0. The van der Waals surface area contributed by atoms with E-state index >= 15 is 0 Å². The van der Waals surface area contributed by atoms with E-state index in [0.29, 0.717) is 30.0 Å². The quantitative estimate of drug-likeness (QED) is 0.557. The van der Waals surface area contributed by atoms with Gasteiger partial charge in [-0.15, -0.1) is 5.10 Å². The Morgan fingerprint density at radius 1 is 1.39 bits per heavy atom. The molecule has 3 heterocycles. The van der Waals surface area contributed by atoms with Gasteiger partial charge in [0.2, 0.25) is 0 Å². The molecule has 1 aromatic carbocycles. The molecule has 0 amide bonds. The summed E-state index contributed by atoms with van der Waals surface area (Å²) in [6.45, 7) is 3.01. The van der Waals surface area contributed by atoms with Crippen LogP contribution in [0.15, 0.2) is 36.7 Å². The summed E-state index contributed by atoms with van der Waals surface area (Å²) < 4.78 is 11.6. The molecule has 0 aliphatic carbocycles. The van der Waals surface area contributed by atoms with Crippen LogP contribution in [0.4, 0.5) is 0 Å². The summed E-state index contributed by atoms with van der Waals surface area (Å²) in [6, 6.07) is 9.20. The van der Waals surface area contributed by atoms with Crippen molar-refractivity contribution in [2.24, 2.45) is 0 Å². The lowest BCUT2D eigenvalue weighted by Crippen LogP contribution is -2.22. The number of cyclic esters (lactones) is 1. The highest BCUT2D eigenvalue weighted by atomic mass is 16.5. The Bertz CT molecular complexity index is 1160. The number of rotatable bonds is 7. The molecule has 0 fully saturated rings. The molecule has 4 rings (SSSR count). The lowest BCUT2D eigenvalue weighted by Gasteiger charge is -2.16. The standard InChI is InChI=1S/C22H21N5O4/c1-13-16(4-5-17-18(13)12-31-22(17)29)19(28)10-24-8-14-3-6-20(25-9-14)27-11-15(7-23)21(26-27)30-2/h3-6,9,11,19,24,28H,8,10,12H2,1-2H3/t19-/m0/s1. The molecule has 0 saturated heterocycles. The molecular weight excluding hydrogens is 398 g/mol. The van der Waals surface area contributed by atoms with Crippen LogP contribution in [0.2, 0.25) is 0 Å². The first-order valence-corrected chi connectivity index (χ1v) is 9.69. The molecule has 2 aromatic heterocycles. The molecule has 2 N–H and O–H groups in total. The number of methoxy groups -OCH3 is 1. The van der Waals surface area contributed by atoms with Gasteiger partial charge in [0.15, 0.2) is 5.82 Å². The second kappa shape index (κ2) is 8.55. The largest absolute Gasteiger partial charge is 0.479 e. The maximum atomic E-state index is 11.7. The minimum atomic E-state index is -0.714. The van der Waals surface area contributed by atoms with Crippen LogP contribution >= 0.6 is 0 Å². The Hall–Kier alpha value is -3.74. The molecule has 0 unspecified atom stereocenters. The van der Waals surface area contributed by atoms with Crippen LogP contribution in [-0.2, 0) is 17.9 Å². The van der Waals surface area contributed by atoms with Crippen LogP contribution in [0.1, 0.15) is 44.3 Å². The summed E-state index contributed by atoms with van der Waals surface area (Å²) in [7, 11) is 1.46. The normalized spacial score (nSPS) is 13.4. The highest BCUT2D eigenvalue weighted by molar-refractivity contribution is 5.93. The maximum Gasteiger partial charge on any atom is 0.338 e. The Labute approximate surface area is 178 Å². The van der Waals surface area contributed by atoms with Crippen LogP contribution in [0.25, 0.3) is 5.82 Å².